The van der Waals surface area contributed by atoms with E-state index in [1.54, 1.807) is 6.07 Å². The largest absolute Gasteiger partial charge is 0.339 e. The van der Waals surface area contributed by atoms with Crippen molar-refractivity contribution in [3.05, 3.63) is 65.7 Å². The molecule has 0 aliphatic heterocycles. The summed E-state index contributed by atoms with van der Waals surface area (Å²) in [6.45, 7) is 2.02. The predicted octanol–water partition coefficient (Wildman–Crippen LogP) is 3.07. The number of pyridine rings is 1. The van der Waals surface area contributed by atoms with Crippen molar-refractivity contribution in [3.63, 3.8) is 0 Å². The van der Waals surface area contributed by atoms with Crippen LogP contribution < -0.4 is 0 Å². The molecule has 0 spiro atoms. The van der Waals surface area contributed by atoms with Gasteiger partial charge in [-0.1, -0.05) is 24.2 Å². The quantitative estimate of drug-likeness (QED) is 0.577. The molecule has 0 radical (unpaired) electrons. The van der Waals surface area contributed by atoms with Gasteiger partial charge in [-0.15, -0.1) is 10.2 Å². The van der Waals surface area contributed by atoms with E-state index in [1.807, 2.05) is 35.7 Å². The second-order valence-electron chi connectivity index (χ2n) is 5.43. The summed E-state index contributed by atoms with van der Waals surface area (Å²) in [5, 5.41) is 12.3. The van der Waals surface area contributed by atoms with Gasteiger partial charge in [0.05, 0.1) is 6.42 Å². The van der Waals surface area contributed by atoms with E-state index in [4.69, 9.17) is 4.52 Å². The average Bonchev–Trinajstić information content (AvgIpc) is 3.20. The molecule has 0 fully saturated rings. The smallest absolute Gasteiger partial charge is 0.231 e. The summed E-state index contributed by atoms with van der Waals surface area (Å²) >= 11 is 0. The first kappa shape index (κ1) is 14.5. The molecule has 7 heteroatoms. The summed E-state index contributed by atoms with van der Waals surface area (Å²) < 4.78 is 20.5. The van der Waals surface area contributed by atoms with Crippen LogP contribution >= 0.6 is 0 Å². The van der Waals surface area contributed by atoms with Crippen molar-refractivity contribution >= 4 is 5.65 Å². The summed E-state index contributed by atoms with van der Waals surface area (Å²) in [5.74, 6) is 1.52. The Kier molecular flexibility index (Phi) is 3.53. The van der Waals surface area contributed by atoms with Crippen LogP contribution in [-0.2, 0) is 12.8 Å². The SMILES string of the molecule is CCc1nnc2ccc(-c3noc(Cc4cccc(F)c4)n3)cn12. The molecular formula is C17H14FN5O. The van der Waals surface area contributed by atoms with Gasteiger partial charge >= 0.3 is 0 Å². The van der Waals surface area contributed by atoms with Gasteiger partial charge in [-0.2, -0.15) is 4.98 Å². The lowest BCUT2D eigenvalue weighted by molar-refractivity contribution is 0.385. The third-order valence-electron chi connectivity index (χ3n) is 3.76. The maximum Gasteiger partial charge on any atom is 0.231 e. The number of nitrogens with zero attached hydrogens (tertiary/aromatic N) is 5. The van der Waals surface area contributed by atoms with Gasteiger partial charge < -0.3 is 4.52 Å². The van der Waals surface area contributed by atoms with Gasteiger partial charge in [0.15, 0.2) is 5.65 Å². The number of fused-ring (bicyclic) bond motifs is 1. The molecule has 3 aromatic heterocycles. The molecular weight excluding hydrogens is 309 g/mol. The van der Waals surface area contributed by atoms with Crippen LogP contribution in [0.15, 0.2) is 47.1 Å². The Labute approximate surface area is 137 Å². The van der Waals surface area contributed by atoms with Crippen molar-refractivity contribution in [3.8, 4) is 11.4 Å². The molecule has 6 nitrogen and oxygen atoms in total. The first-order valence-electron chi connectivity index (χ1n) is 7.64. The third-order valence-corrected chi connectivity index (χ3v) is 3.76. The zero-order valence-electron chi connectivity index (χ0n) is 13.0. The lowest BCUT2D eigenvalue weighted by Crippen LogP contribution is -1.94. The molecule has 0 amide bonds. The van der Waals surface area contributed by atoms with E-state index in [1.165, 1.54) is 12.1 Å². The molecule has 120 valence electrons. The standard InChI is InChI=1S/C17H14FN5O/c1-2-14-20-21-15-7-6-12(10-23(14)15)17-19-16(24-22-17)9-11-4-3-5-13(18)8-11/h3-8,10H,2,9H2,1H3. The molecule has 0 N–H and O–H groups in total. The highest BCUT2D eigenvalue weighted by molar-refractivity contribution is 5.57. The molecule has 1 aromatic carbocycles. The highest BCUT2D eigenvalue weighted by atomic mass is 19.1. The first-order valence-corrected chi connectivity index (χ1v) is 7.64. The minimum absolute atomic E-state index is 0.280. The number of hydrogen-bond donors (Lipinski definition) is 0. The van der Waals surface area contributed by atoms with Crippen molar-refractivity contribution in [1.29, 1.82) is 0 Å². The predicted molar refractivity (Wildman–Crippen MR) is 84.9 cm³/mol. The van der Waals surface area contributed by atoms with E-state index < -0.39 is 0 Å². The minimum Gasteiger partial charge on any atom is -0.339 e. The van der Waals surface area contributed by atoms with Crippen molar-refractivity contribution in [2.24, 2.45) is 0 Å². The molecule has 0 saturated carbocycles. The average molecular weight is 323 g/mol. The number of rotatable bonds is 4. The highest BCUT2D eigenvalue weighted by Crippen LogP contribution is 2.19. The topological polar surface area (TPSA) is 69.1 Å². The summed E-state index contributed by atoms with van der Waals surface area (Å²) in [5.41, 5.74) is 2.37. The van der Waals surface area contributed by atoms with Crippen LogP contribution in [0.1, 0.15) is 24.2 Å². The van der Waals surface area contributed by atoms with Gasteiger partial charge in [0.25, 0.3) is 0 Å². The molecule has 0 unspecified atom stereocenters. The van der Waals surface area contributed by atoms with E-state index >= 15 is 0 Å². The van der Waals surface area contributed by atoms with Crippen LogP contribution in [0.5, 0.6) is 0 Å². The maximum absolute atomic E-state index is 13.2. The summed E-state index contributed by atoms with van der Waals surface area (Å²) in [7, 11) is 0. The van der Waals surface area contributed by atoms with Crippen LogP contribution in [-0.4, -0.2) is 24.7 Å². The molecule has 0 atom stereocenters. The van der Waals surface area contributed by atoms with Crippen LogP contribution in [0.25, 0.3) is 17.0 Å². The summed E-state index contributed by atoms with van der Waals surface area (Å²) in [4.78, 5) is 4.40. The van der Waals surface area contributed by atoms with Crippen LogP contribution in [0.4, 0.5) is 4.39 Å². The number of benzene rings is 1. The Morgan fingerprint density at radius 1 is 1.17 bits per heavy atom. The third kappa shape index (κ3) is 2.64. The first-order chi connectivity index (χ1) is 11.7. The van der Waals surface area contributed by atoms with Crippen molar-refractivity contribution in [1.82, 2.24) is 24.7 Å². The van der Waals surface area contributed by atoms with Crippen molar-refractivity contribution < 1.29 is 8.91 Å². The van der Waals surface area contributed by atoms with Gasteiger partial charge in [-0.05, 0) is 29.8 Å². The van der Waals surface area contributed by atoms with E-state index in [-0.39, 0.29) is 5.82 Å². The monoisotopic (exact) mass is 323 g/mol. The van der Waals surface area contributed by atoms with E-state index in [9.17, 15) is 4.39 Å². The fraction of sp³-hybridized carbons (Fsp3) is 0.176. The highest BCUT2D eigenvalue weighted by Gasteiger charge is 2.12. The van der Waals surface area contributed by atoms with E-state index in [0.717, 1.165) is 29.0 Å². The molecule has 4 rings (SSSR count). The Morgan fingerprint density at radius 3 is 2.92 bits per heavy atom. The fourth-order valence-corrected chi connectivity index (χ4v) is 2.58. The second kappa shape index (κ2) is 5.84. The maximum atomic E-state index is 13.2. The molecule has 4 aromatic rings. The Hall–Kier alpha value is -3.09. The van der Waals surface area contributed by atoms with Gasteiger partial charge in [0.2, 0.25) is 11.7 Å². The Bertz CT molecular complexity index is 1010. The second-order valence-corrected chi connectivity index (χ2v) is 5.43. The summed E-state index contributed by atoms with van der Waals surface area (Å²) in [6, 6.07) is 10.1. The minimum atomic E-state index is -0.280. The van der Waals surface area contributed by atoms with Crippen molar-refractivity contribution in [2.75, 3.05) is 0 Å². The van der Waals surface area contributed by atoms with Gasteiger partial charge in [-0.25, -0.2) is 4.39 Å². The number of aryl methyl sites for hydroxylation is 1. The van der Waals surface area contributed by atoms with Gasteiger partial charge in [0.1, 0.15) is 11.6 Å². The molecule has 24 heavy (non-hydrogen) atoms. The molecule has 0 saturated heterocycles. The zero-order valence-corrected chi connectivity index (χ0v) is 13.0. The normalized spacial score (nSPS) is 11.2. The zero-order chi connectivity index (χ0) is 16.5. The Morgan fingerprint density at radius 2 is 2.08 bits per heavy atom. The van der Waals surface area contributed by atoms with Crippen molar-refractivity contribution in [2.45, 2.75) is 19.8 Å². The van der Waals surface area contributed by atoms with Gasteiger partial charge in [-0.3, -0.25) is 4.40 Å². The van der Waals surface area contributed by atoms with Gasteiger partial charge in [0, 0.05) is 18.2 Å². The molecule has 0 aliphatic rings. The molecule has 3 heterocycles. The van der Waals surface area contributed by atoms with Crippen LogP contribution in [0.3, 0.4) is 0 Å². The Balaban J connectivity index is 1.64. The van der Waals surface area contributed by atoms with E-state index in [0.29, 0.717) is 18.1 Å². The summed E-state index contributed by atoms with van der Waals surface area (Å²) in [6.07, 6.45) is 3.06. The molecule has 0 bridgehead atoms. The van der Waals surface area contributed by atoms with E-state index in [2.05, 4.69) is 20.3 Å². The lowest BCUT2D eigenvalue weighted by Gasteiger charge is -1.99. The lowest BCUT2D eigenvalue weighted by atomic mass is 10.1. The number of halogens is 1. The fourth-order valence-electron chi connectivity index (χ4n) is 2.58. The molecule has 0 aliphatic carbocycles. The number of aromatic nitrogens is 5. The van der Waals surface area contributed by atoms with Crippen LogP contribution in [0.2, 0.25) is 0 Å². The number of hydrogen-bond acceptors (Lipinski definition) is 5. The van der Waals surface area contributed by atoms with Crippen LogP contribution in [0, 0.1) is 5.82 Å².